The fourth-order valence-electron chi connectivity index (χ4n) is 3.11. The summed E-state index contributed by atoms with van der Waals surface area (Å²) in [6, 6.07) is 9.32. The van der Waals surface area contributed by atoms with Crippen molar-refractivity contribution in [2.45, 2.75) is 6.04 Å². The van der Waals surface area contributed by atoms with E-state index in [0.29, 0.717) is 35.8 Å². The van der Waals surface area contributed by atoms with Crippen LogP contribution in [0.5, 0.6) is 11.5 Å². The summed E-state index contributed by atoms with van der Waals surface area (Å²) in [5.41, 5.74) is 0.901. The number of hydrogen-bond donors (Lipinski definition) is 2. The fourth-order valence-corrected chi connectivity index (χ4v) is 3.11. The van der Waals surface area contributed by atoms with Gasteiger partial charge in [0.2, 0.25) is 0 Å². The monoisotopic (exact) mass is 381 g/mol. The molecule has 0 aromatic heterocycles. The van der Waals surface area contributed by atoms with Gasteiger partial charge in [-0.15, -0.1) is 0 Å². The Morgan fingerprint density at radius 1 is 1.11 bits per heavy atom. The fraction of sp³-hybridized carbons (Fsp3) is 0.158. The molecule has 0 radical (unpaired) electrons. The number of carbonyl (C=O) groups excluding carboxylic acids is 2. The summed E-state index contributed by atoms with van der Waals surface area (Å²) in [7, 11) is 0. The zero-order valence-corrected chi connectivity index (χ0v) is 14.5. The third kappa shape index (κ3) is 3.25. The second-order valence-electron chi connectivity index (χ2n) is 6.19. The first kappa shape index (κ1) is 17.5. The maximum atomic E-state index is 13.1. The first-order chi connectivity index (χ1) is 13.5. The normalized spacial score (nSPS) is 17.8. The Kier molecular flexibility index (Phi) is 4.40. The summed E-state index contributed by atoms with van der Waals surface area (Å²) >= 11 is 0. The lowest BCUT2D eigenvalue weighted by atomic mass is 9.91. The smallest absolute Gasteiger partial charge is 0.319 e. The third-order valence-corrected chi connectivity index (χ3v) is 4.43. The molecule has 2 N–H and O–H groups in total. The number of hydrogen-bond acceptors (Lipinski definition) is 6. The number of rotatable bonds is 4. The summed E-state index contributed by atoms with van der Waals surface area (Å²) < 4.78 is 11.0. The predicted octanol–water partition coefficient (Wildman–Crippen LogP) is 2.49. The van der Waals surface area contributed by atoms with Crippen molar-refractivity contribution in [3.8, 4) is 11.5 Å². The Morgan fingerprint density at radius 2 is 1.89 bits per heavy atom. The average molecular weight is 381 g/mol. The first-order valence-corrected chi connectivity index (χ1v) is 8.49. The molecule has 2 aromatic rings. The van der Waals surface area contributed by atoms with E-state index >= 15 is 0 Å². The average Bonchev–Trinajstić information content (AvgIpc) is 2.73. The van der Waals surface area contributed by atoms with Crippen LogP contribution in [0.4, 0.5) is 10.5 Å². The van der Waals surface area contributed by atoms with E-state index in [1.54, 1.807) is 24.3 Å². The Hall–Kier alpha value is -3.88. The molecular weight excluding hydrogens is 366 g/mol. The molecule has 0 saturated carbocycles. The van der Waals surface area contributed by atoms with Gasteiger partial charge in [-0.25, -0.2) is 4.79 Å². The van der Waals surface area contributed by atoms with Crippen molar-refractivity contribution in [3.63, 3.8) is 0 Å². The molecule has 1 unspecified atom stereocenters. The number of fused-ring (bicyclic) bond motifs is 1. The van der Waals surface area contributed by atoms with Crippen LogP contribution in [0, 0.1) is 10.1 Å². The van der Waals surface area contributed by atoms with Crippen molar-refractivity contribution in [1.82, 2.24) is 10.6 Å². The van der Waals surface area contributed by atoms with Crippen LogP contribution in [0.2, 0.25) is 0 Å². The lowest BCUT2D eigenvalue weighted by Gasteiger charge is -2.26. The van der Waals surface area contributed by atoms with Crippen molar-refractivity contribution in [2.75, 3.05) is 13.2 Å². The number of urea groups is 1. The number of carbonyl (C=O) groups is 2. The Bertz CT molecular complexity index is 1020. The highest BCUT2D eigenvalue weighted by Gasteiger charge is 2.30. The number of nitrogens with one attached hydrogen (secondary N) is 2. The zero-order valence-electron chi connectivity index (χ0n) is 14.5. The zero-order chi connectivity index (χ0) is 19.7. The number of amides is 2. The van der Waals surface area contributed by atoms with E-state index in [9.17, 15) is 19.7 Å². The molecule has 9 nitrogen and oxygen atoms in total. The van der Waals surface area contributed by atoms with E-state index in [4.69, 9.17) is 9.47 Å². The molecule has 9 heteroatoms. The molecule has 4 rings (SSSR count). The van der Waals surface area contributed by atoms with Crippen molar-refractivity contribution in [2.24, 2.45) is 0 Å². The van der Waals surface area contributed by atoms with Crippen LogP contribution in [0.25, 0.3) is 0 Å². The number of non-ortho nitro benzene ring substituents is 1. The van der Waals surface area contributed by atoms with Gasteiger partial charge in [-0.3, -0.25) is 14.9 Å². The molecule has 0 saturated heterocycles. The van der Waals surface area contributed by atoms with Crippen molar-refractivity contribution in [1.29, 1.82) is 0 Å². The molecule has 2 aromatic carbocycles. The summed E-state index contributed by atoms with van der Waals surface area (Å²) in [6.45, 7) is 0.831. The van der Waals surface area contributed by atoms with Gasteiger partial charge in [0.25, 0.3) is 5.69 Å². The van der Waals surface area contributed by atoms with E-state index in [-0.39, 0.29) is 17.0 Å². The van der Waals surface area contributed by atoms with Gasteiger partial charge >= 0.3 is 6.03 Å². The van der Waals surface area contributed by atoms with Crippen LogP contribution in [-0.2, 0) is 0 Å². The van der Waals surface area contributed by atoms with E-state index < -0.39 is 17.0 Å². The van der Waals surface area contributed by atoms with E-state index in [2.05, 4.69) is 10.6 Å². The van der Waals surface area contributed by atoms with Crippen LogP contribution in [0.1, 0.15) is 22.0 Å². The number of nitro groups is 1. The molecule has 0 aliphatic carbocycles. The highest BCUT2D eigenvalue weighted by atomic mass is 16.6. The SMILES string of the molecule is O=C1NC=C(C(=O)c2ccc3c(c2)OCCO3)C(c2cccc([N+](=O)[O-])c2)N1. The number of nitro benzene ring substituents is 1. The van der Waals surface area contributed by atoms with Crippen molar-refractivity contribution in [3.05, 3.63) is 75.5 Å². The number of benzene rings is 2. The minimum absolute atomic E-state index is 0.128. The number of ether oxygens (including phenoxy) is 2. The van der Waals surface area contributed by atoms with Crippen molar-refractivity contribution < 1.29 is 24.0 Å². The summed E-state index contributed by atoms with van der Waals surface area (Å²) in [5, 5.41) is 16.2. The molecule has 0 fully saturated rings. The lowest BCUT2D eigenvalue weighted by molar-refractivity contribution is -0.384. The molecule has 142 valence electrons. The second-order valence-corrected chi connectivity index (χ2v) is 6.19. The molecule has 0 bridgehead atoms. The van der Waals surface area contributed by atoms with Crippen LogP contribution in [-0.4, -0.2) is 30.0 Å². The van der Waals surface area contributed by atoms with Gasteiger partial charge in [-0.2, -0.15) is 0 Å². The van der Waals surface area contributed by atoms with Gasteiger partial charge in [-0.1, -0.05) is 12.1 Å². The Balaban J connectivity index is 1.70. The van der Waals surface area contributed by atoms with Crippen LogP contribution in [0.3, 0.4) is 0 Å². The van der Waals surface area contributed by atoms with Crippen LogP contribution < -0.4 is 20.1 Å². The van der Waals surface area contributed by atoms with Gasteiger partial charge in [0, 0.05) is 29.5 Å². The third-order valence-electron chi connectivity index (χ3n) is 4.43. The molecule has 2 amide bonds. The summed E-state index contributed by atoms with van der Waals surface area (Å²) in [4.78, 5) is 35.5. The molecule has 2 aliphatic heterocycles. The predicted molar refractivity (Wildman–Crippen MR) is 97.4 cm³/mol. The highest BCUT2D eigenvalue weighted by molar-refractivity contribution is 6.11. The van der Waals surface area contributed by atoms with Gasteiger partial charge in [0.1, 0.15) is 13.2 Å². The number of Topliss-reactive ketones (excluding diaryl/α,β-unsaturated/α-hetero) is 1. The molecule has 0 spiro atoms. The minimum atomic E-state index is -0.825. The second kappa shape index (κ2) is 7.03. The standard InChI is InChI=1S/C19H15N3O6/c23-18(12-4-5-15-16(9-12)28-7-6-27-15)14-10-20-19(24)21-17(14)11-2-1-3-13(8-11)22(25)26/h1-5,8-10,17H,6-7H2,(H2,20,21,24). The van der Waals surface area contributed by atoms with Gasteiger partial charge in [0.15, 0.2) is 17.3 Å². The quantitative estimate of drug-likeness (QED) is 0.477. The maximum Gasteiger partial charge on any atom is 0.319 e. The first-order valence-electron chi connectivity index (χ1n) is 8.49. The Morgan fingerprint density at radius 3 is 2.68 bits per heavy atom. The highest BCUT2D eigenvalue weighted by Crippen LogP contribution is 2.34. The number of nitrogens with zero attached hydrogens (tertiary/aromatic N) is 1. The van der Waals surface area contributed by atoms with Crippen molar-refractivity contribution >= 4 is 17.5 Å². The Labute approximate surface area is 159 Å². The maximum absolute atomic E-state index is 13.1. The molecule has 1 atom stereocenters. The molecular formula is C19H15N3O6. The van der Waals surface area contributed by atoms with Gasteiger partial charge in [-0.05, 0) is 23.8 Å². The van der Waals surface area contributed by atoms with Gasteiger partial charge < -0.3 is 20.1 Å². The largest absolute Gasteiger partial charge is 0.486 e. The van der Waals surface area contributed by atoms with Crippen LogP contribution >= 0.6 is 0 Å². The number of ketones is 1. The minimum Gasteiger partial charge on any atom is -0.486 e. The summed E-state index contributed by atoms with van der Waals surface area (Å²) in [6.07, 6.45) is 1.32. The topological polar surface area (TPSA) is 120 Å². The molecule has 2 heterocycles. The molecule has 28 heavy (non-hydrogen) atoms. The van der Waals surface area contributed by atoms with Crippen LogP contribution in [0.15, 0.2) is 54.2 Å². The van der Waals surface area contributed by atoms with E-state index in [1.807, 2.05) is 0 Å². The molecule has 2 aliphatic rings. The lowest BCUT2D eigenvalue weighted by Crippen LogP contribution is -2.42. The van der Waals surface area contributed by atoms with Gasteiger partial charge in [0.05, 0.1) is 11.0 Å². The summed E-state index contributed by atoms with van der Waals surface area (Å²) in [5.74, 6) is 0.681. The van der Waals surface area contributed by atoms with E-state index in [0.717, 1.165) is 0 Å². The van der Waals surface area contributed by atoms with E-state index in [1.165, 1.54) is 24.4 Å².